The van der Waals surface area contributed by atoms with Crippen molar-refractivity contribution in [2.24, 2.45) is 0 Å². The summed E-state index contributed by atoms with van der Waals surface area (Å²) in [6.45, 7) is 5.18. The third kappa shape index (κ3) is 3.77. The summed E-state index contributed by atoms with van der Waals surface area (Å²) in [6, 6.07) is 3.38. The molecule has 0 saturated carbocycles. The zero-order chi connectivity index (χ0) is 13.2. The van der Waals surface area contributed by atoms with Gasteiger partial charge in [-0.2, -0.15) is 0 Å². The van der Waals surface area contributed by atoms with E-state index in [1.54, 1.807) is 19.1 Å². The second-order valence-corrected chi connectivity index (χ2v) is 6.66. The Labute approximate surface area is 110 Å². The number of hydrogen-bond donors (Lipinski definition) is 2. The van der Waals surface area contributed by atoms with Crippen LogP contribution in [0.1, 0.15) is 18.1 Å². The molecule has 0 heterocycles. The monoisotopic (exact) mass is 321 g/mol. The number of hydrogen-bond acceptors (Lipinski definition) is 3. The third-order valence-electron chi connectivity index (χ3n) is 2.31. The van der Waals surface area contributed by atoms with E-state index >= 15 is 0 Å². The van der Waals surface area contributed by atoms with E-state index in [-0.39, 0.29) is 11.4 Å². The van der Waals surface area contributed by atoms with Gasteiger partial charge in [-0.1, -0.05) is 22.0 Å². The second-order valence-electron chi connectivity index (χ2n) is 4.07. The zero-order valence-electron chi connectivity index (χ0n) is 9.99. The lowest BCUT2D eigenvalue weighted by Crippen LogP contribution is -2.31. The van der Waals surface area contributed by atoms with Crippen molar-refractivity contribution < 1.29 is 13.5 Å². The van der Waals surface area contributed by atoms with Gasteiger partial charge in [-0.25, -0.2) is 13.1 Å². The maximum Gasteiger partial charge on any atom is 0.240 e. The Morgan fingerprint density at radius 3 is 2.47 bits per heavy atom. The first-order valence-corrected chi connectivity index (χ1v) is 7.46. The first-order valence-electron chi connectivity index (χ1n) is 5.18. The summed E-state index contributed by atoms with van der Waals surface area (Å²) in [6.07, 6.45) is -0.709. The van der Waals surface area contributed by atoms with Gasteiger partial charge in [-0.3, -0.25) is 0 Å². The van der Waals surface area contributed by atoms with Crippen LogP contribution in [0.25, 0.3) is 0 Å². The van der Waals surface area contributed by atoms with Gasteiger partial charge in [0.15, 0.2) is 0 Å². The highest BCUT2D eigenvalue weighted by atomic mass is 79.9. The predicted molar refractivity (Wildman–Crippen MR) is 70.5 cm³/mol. The molecule has 0 aromatic heterocycles. The van der Waals surface area contributed by atoms with Gasteiger partial charge in [0.1, 0.15) is 0 Å². The highest BCUT2D eigenvalue weighted by molar-refractivity contribution is 9.10. The molecule has 17 heavy (non-hydrogen) atoms. The molecule has 1 atom stereocenters. The minimum atomic E-state index is -3.57. The van der Waals surface area contributed by atoms with E-state index in [1.807, 2.05) is 6.92 Å². The fourth-order valence-corrected chi connectivity index (χ4v) is 3.27. The van der Waals surface area contributed by atoms with E-state index in [4.69, 9.17) is 5.11 Å². The summed E-state index contributed by atoms with van der Waals surface area (Å²) in [5.74, 6) is 0. The van der Waals surface area contributed by atoms with Gasteiger partial charge in [-0.05, 0) is 38.0 Å². The number of aliphatic hydroxyl groups excluding tert-OH is 1. The quantitative estimate of drug-likeness (QED) is 0.887. The molecule has 0 bridgehead atoms. The van der Waals surface area contributed by atoms with Gasteiger partial charge in [-0.15, -0.1) is 0 Å². The Kier molecular flexibility index (Phi) is 4.71. The average molecular weight is 322 g/mol. The molecule has 1 aromatic carbocycles. The standard InChI is InChI=1S/C11H16BrNO3S/c1-7-4-8(2)11(5-10(7)12)17(15,16)13-6-9(3)14/h4-5,9,13-14H,6H2,1-3H3/t9-/m1/s1. The van der Waals surface area contributed by atoms with E-state index in [0.717, 1.165) is 10.0 Å². The first-order chi connectivity index (χ1) is 7.74. The minimum absolute atomic E-state index is 0.00721. The molecule has 2 N–H and O–H groups in total. The van der Waals surface area contributed by atoms with E-state index < -0.39 is 16.1 Å². The number of rotatable bonds is 4. The Hall–Kier alpha value is -0.430. The lowest BCUT2D eigenvalue weighted by Gasteiger charge is -2.12. The largest absolute Gasteiger partial charge is 0.392 e. The normalized spacial score (nSPS) is 13.7. The summed E-state index contributed by atoms with van der Waals surface area (Å²) in [4.78, 5) is 0.232. The Morgan fingerprint density at radius 2 is 1.94 bits per heavy atom. The van der Waals surface area contributed by atoms with Crippen LogP contribution < -0.4 is 4.72 Å². The van der Waals surface area contributed by atoms with Crippen LogP contribution in [0.5, 0.6) is 0 Å². The van der Waals surface area contributed by atoms with Crippen LogP contribution in [0.15, 0.2) is 21.5 Å². The van der Waals surface area contributed by atoms with Gasteiger partial charge in [0.2, 0.25) is 10.0 Å². The van der Waals surface area contributed by atoms with Crippen molar-refractivity contribution >= 4 is 26.0 Å². The minimum Gasteiger partial charge on any atom is -0.392 e. The molecule has 4 nitrogen and oxygen atoms in total. The fourth-order valence-electron chi connectivity index (χ4n) is 1.41. The van der Waals surface area contributed by atoms with Crippen LogP contribution in [0.2, 0.25) is 0 Å². The van der Waals surface area contributed by atoms with Gasteiger partial charge in [0.05, 0.1) is 11.0 Å². The Bertz CT molecular complexity index is 512. The van der Waals surface area contributed by atoms with Crippen LogP contribution >= 0.6 is 15.9 Å². The van der Waals surface area contributed by atoms with E-state index in [0.29, 0.717) is 5.56 Å². The fraction of sp³-hybridized carbons (Fsp3) is 0.455. The summed E-state index contributed by atoms with van der Waals surface area (Å²) in [7, 11) is -3.57. The SMILES string of the molecule is Cc1cc(C)c(S(=O)(=O)NC[C@@H](C)O)cc1Br. The van der Waals surface area contributed by atoms with E-state index in [1.165, 1.54) is 6.92 Å². The van der Waals surface area contributed by atoms with Gasteiger partial charge in [0, 0.05) is 11.0 Å². The van der Waals surface area contributed by atoms with Crippen molar-refractivity contribution in [1.29, 1.82) is 0 Å². The molecular weight excluding hydrogens is 306 g/mol. The third-order valence-corrected chi connectivity index (χ3v) is 4.73. The van der Waals surface area contributed by atoms with E-state index in [9.17, 15) is 8.42 Å². The molecule has 0 unspecified atom stereocenters. The highest BCUT2D eigenvalue weighted by Gasteiger charge is 2.18. The molecular formula is C11H16BrNO3S. The molecule has 0 saturated heterocycles. The Balaban J connectivity index is 3.11. The van der Waals surface area contributed by atoms with Crippen LogP contribution in [-0.2, 0) is 10.0 Å². The Morgan fingerprint density at radius 1 is 1.35 bits per heavy atom. The number of halogens is 1. The summed E-state index contributed by atoms with van der Waals surface area (Å²) < 4.78 is 27.1. The van der Waals surface area contributed by atoms with Crippen LogP contribution in [0.3, 0.4) is 0 Å². The van der Waals surface area contributed by atoms with Crippen LogP contribution in [-0.4, -0.2) is 26.2 Å². The van der Waals surface area contributed by atoms with Gasteiger partial charge < -0.3 is 5.11 Å². The average Bonchev–Trinajstić information content (AvgIpc) is 2.20. The molecule has 0 aliphatic carbocycles. The first kappa shape index (κ1) is 14.6. The maximum atomic E-state index is 12.0. The lowest BCUT2D eigenvalue weighted by atomic mass is 10.2. The number of aryl methyl sites for hydroxylation is 2. The highest BCUT2D eigenvalue weighted by Crippen LogP contribution is 2.24. The number of sulfonamides is 1. The van der Waals surface area contributed by atoms with Crippen molar-refractivity contribution in [3.63, 3.8) is 0 Å². The summed E-state index contributed by atoms with van der Waals surface area (Å²) >= 11 is 3.31. The van der Waals surface area contributed by atoms with Crippen molar-refractivity contribution in [3.8, 4) is 0 Å². The topological polar surface area (TPSA) is 66.4 Å². The molecule has 0 aliphatic rings. The van der Waals surface area contributed by atoms with Crippen molar-refractivity contribution in [3.05, 3.63) is 27.7 Å². The molecule has 1 aromatic rings. The molecule has 96 valence electrons. The van der Waals surface area contributed by atoms with Gasteiger partial charge in [0.25, 0.3) is 0 Å². The van der Waals surface area contributed by atoms with Crippen molar-refractivity contribution in [1.82, 2.24) is 4.72 Å². The molecule has 0 radical (unpaired) electrons. The number of benzene rings is 1. The second kappa shape index (κ2) is 5.48. The van der Waals surface area contributed by atoms with Crippen LogP contribution in [0, 0.1) is 13.8 Å². The molecule has 0 aliphatic heterocycles. The van der Waals surface area contributed by atoms with Gasteiger partial charge >= 0.3 is 0 Å². The smallest absolute Gasteiger partial charge is 0.240 e. The predicted octanol–water partition coefficient (Wildman–Crippen LogP) is 1.73. The molecule has 0 amide bonds. The summed E-state index contributed by atoms with van der Waals surface area (Å²) in [5.41, 5.74) is 1.67. The molecule has 0 fully saturated rings. The van der Waals surface area contributed by atoms with E-state index in [2.05, 4.69) is 20.7 Å². The zero-order valence-corrected chi connectivity index (χ0v) is 12.4. The number of aliphatic hydroxyl groups is 1. The lowest BCUT2D eigenvalue weighted by molar-refractivity contribution is 0.198. The maximum absolute atomic E-state index is 12.0. The van der Waals surface area contributed by atoms with Crippen molar-refractivity contribution in [2.75, 3.05) is 6.54 Å². The molecule has 1 rings (SSSR count). The number of nitrogens with one attached hydrogen (secondary N) is 1. The molecule has 0 spiro atoms. The van der Waals surface area contributed by atoms with Crippen LogP contribution in [0.4, 0.5) is 0 Å². The van der Waals surface area contributed by atoms with Crippen molar-refractivity contribution in [2.45, 2.75) is 31.8 Å². The summed E-state index contributed by atoms with van der Waals surface area (Å²) in [5, 5.41) is 9.09. The molecule has 6 heteroatoms.